The van der Waals surface area contributed by atoms with Crippen LogP contribution in [0.2, 0.25) is 0 Å². The molecule has 0 unspecified atom stereocenters. The number of amides is 2. The van der Waals surface area contributed by atoms with E-state index < -0.39 is 0 Å². The standard InChI is InChI=1S/C23H29FN4O2/c1-25-23(30)19-9-7-18(8-10-19)15-26(2)17-22(29)28-13-11-27(12-14-28)16-20-5-3-4-6-21(20)24/h3-10H,11-17H2,1-2H3,(H,25,30). The largest absolute Gasteiger partial charge is 0.355 e. The van der Waals surface area contributed by atoms with Crippen molar-refractivity contribution in [3.05, 3.63) is 71.0 Å². The van der Waals surface area contributed by atoms with Gasteiger partial charge >= 0.3 is 0 Å². The first-order chi connectivity index (χ1) is 14.5. The third kappa shape index (κ3) is 5.87. The fourth-order valence-electron chi connectivity index (χ4n) is 3.63. The quantitative estimate of drug-likeness (QED) is 0.756. The first-order valence-corrected chi connectivity index (χ1v) is 10.2. The molecule has 1 aliphatic rings. The highest BCUT2D eigenvalue weighted by molar-refractivity contribution is 5.93. The molecule has 0 saturated carbocycles. The number of benzene rings is 2. The number of hydrogen-bond donors (Lipinski definition) is 1. The molecule has 0 aliphatic carbocycles. The van der Waals surface area contributed by atoms with Crippen molar-refractivity contribution in [2.24, 2.45) is 0 Å². The Balaban J connectivity index is 1.44. The summed E-state index contributed by atoms with van der Waals surface area (Å²) in [5.41, 5.74) is 2.36. The zero-order chi connectivity index (χ0) is 21.5. The molecular weight excluding hydrogens is 383 g/mol. The molecular formula is C23H29FN4O2. The van der Waals surface area contributed by atoms with E-state index in [1.165, 1.54) is 6.07 Å². The number of halogens is 1. The molecule has 6 nitrogen and oxygen atoms in total. The third-order valence-electron chi connectivity index (χ3n) is 5.38. The summed E-state index contributed by atoms with van der Waals surface area (Å²) in [4.78, 5) is 30.3. The van der Waals surface area contributed by atoms with Crippen molar-refractivity contribution in [3.8, 4) is 0 Å². The van der Waals surface area contributed by atoms with Crippen LogP contribution in [0.25, 0.3) is 0 Å². The molecule has 1 N–H and O–H groups in total. The zero-order valence-electron chi connectivity index (χ0n) is 17.6. The van der Waals surface area contributed by atoms with Gasteiger partial charge in [-0.2, -0.15) is 0 Å². The van der Waals surface area contributed by atoms with Gasteiger partial charge in [-0.25, -0.2) is 4.39 Å². The van der Waals surface area contributed by atoms with Crippen LogP contribution in [0.5, 0.6) is 0 Å². The van der Waals surface area contributed by atoms with Gasteiger partial charge in [-0.05, 0) is 30.8 Å². The summed E-state index contributed by atoms with van der Waals surface area (Å²) in [6.07, 6.45) is 0. The van der Waals surface area contributed by atoms with Crippen LogP contribution < -0.4 is 5.32 Å². The molecule has 2 aromatic carbocycles. The van der Waals surface area contributed by atoms with Crippen molar-refractivity contribution in [2.75, 3.05) is 46.8 Å². The average molecular weight is 413 g/mol. The lowest BCUT2D eigenvalue weighted by molar-refractivity contribution is -0.134. The summed E-state index contributed by atoms with van der Waals surface area (Å²) < 4.78 is 13.8. The minimum absolute atomic E-state index is 0.102. The maximum absolute atomic E-state index is 13.8. The second kappa shape index (κ2) is 10.3. The normalized spacial score (nSPS) is 14.7. The van der Waals surface area contributed by atoms with Crippen LogP contribution in [0.4, 0.5) is 4.39 Å². The molecule has 0 spiro atoms. The molecule has 2 amide bonds. The highest BCUT2D eigenvalue weighted by atomic mass is 19.1. The molecule has 1 fully saturated rings. The first-order valence-electron chi connectivity index (χ1n) is 10.2. The van der Waals surface area contributed by atoms with Crippen molar-refractivity contribution in [1.82, 2.24) is 20.0 Å². The summed E-state index contributed by atoms with van der Waals surface area (Å²) in [7, 11) is 3.52. The van der Waals surface area contributed by atoms with Crippen molar-refractivity contribution in [1.29, 1.82) is 0 Å². The lowest BCUT2D eigenvalue weighted by atomic mass is 10.1. The second-order valence-corrected chi connectivity index (χ2v) is 7.70. The Morgan fingerprint density at radius 2 is 1.70 bits per heavy atom. The van der Waals surface area contributed by atoms with Gasteiger partial charge < -0.3 is 10.2 Å². The number of carbonyl (C=O) groups excluding carboxylic acids is 2. The lowest BCUT2D eigenvalue weighted by Crippen LogP contribution is -2.50. The highest BCUT2D eigenvalue weighted by Gasteiger charge is 2.22. The van der Waals surface area contributed by atoms with Crippen molar-refractivity contribution >= 4 is 11.8 Å². The fraction of sp³-hybridized carbons (Fsp3) is 0.391. The van der Waals surface area contributed by atoms with E-state index >= 15 is 0 Å². The molecule has 0 radical (unpaired) electrons. The van der Waals surface area contributed by atoms with Crippen molar-refractivity contribution in [2.45, 2.75) is 13.1 Å². The molecule has 0 atom stereocenters. The van der Waals surface area contributed by atoms with Gasteiger partial charge in [0.25, 0.3) is 5.91 Å². The Morgan fingerprint density at radius 1 is 1.03 bits per heavy atom. The fourth-order valence-corrected chi connectivity index (χ4v) is 3.63. The number of likely N-dealkylation sites (N-methyl/N-ethyl adjacent to an activating group) is 1. The minimum atomic E-state index is -0.180. The molecule has 160 valence electrons. The molecule has 1 aliphatic heterocycles. The highest BCUT2D eigenvalue weighted by Crippen LogP contribution is 2.13. The van der Waals surface area contributed by atoms with Gasteiger partial charge in [-0.1, -0.05) is 30.3 Å². The number of nitrogens with zero attached hydrogens (tertiary/aromatic N) is 3. The summed E-state index contributed by atoms with van der Waals surface area (Å²) in [6.45, 7) is 4.33. The number of carbonyl (C=O) groups is 2. The van der Waals surface area contributed by atoms with Gasteiger partial charge in [0.2, 0.25) is 5.91 Å². The van der Waals surface area contributed by atoms with Crippen LogP contribution in [0, 0.1) is 5.82 Å². The average Bonchev–Trinajstić information content (AvgIpc) is 2.75. The molecule has 1 heterocycles. The maximum Gasteiger partial charge on any atom is 0.251 e. The Morgan fingerprint density at radius 3 is 2.33 bits per heavy atom. The summed E-state index contributed by atoms with van der Waals surface area (Å²) >= 11 is 0. The number of nitrogens with one attached hydrogen (secondary N) is 1. The van der Waals surface area contributed by atoms with Gasteiger partial charge in [0.1, 0.15) is 5.82 Å². The third-order valence-corrected chi connectivity index (χ3v) is 5.38. The Labute approximate surface area is 177 Å². The topological polar surface area (TPSA) is 55.9 Å². The molecule has 7 heteroatoms. The predicted octanol–water partition coefficient (Wildman–Crippen LogP) is 1.96. The first kappa shape index (κ1) is 21.9. The van der Waals surface area contributed by atoms with E-state index in [4.69, 9.17) is 0 Å². The maximum atomic E-state index is 13.8. The summed E-state index contributed by atoms with van der Waals surface area (Å²) in [5.74, 6) is -0.190. The SMILES string of the molecule is CNC(=O)c1ccc(CN(C)CC(=O)N2CCN(Cc3ccccc3F)CC2)cc1. The molecule has 0 aromatic heterocycles. The minimum Gasteiger partial charge on any atom is -0.355 e. The number of rotatable bonds is 7. The van der Waals surface area contributed by atoms with E-state index in [1.54, 1.807) is 25.2 Å². The van der Waals surface area contributed by atoms with Gasteiger partial charge in [-0.15, -0.1) is 0 Å². The van der Waals surface area contributed by atoms with Crippen LogP contribution in [0.15, 0.2) is 48.5 Å². The van der Waals surface area contributed by atoms with Crippen LogP contribution >= 0.6 is 0 Å². The van der Waals surface area contributed by atoms with Crippen LogP contribution in [0.3, 0.4) is 0 Å². The summed E-state index contributed by atoms with van der Waals surface area (Å²) in [6, 6.07) is 14.2. The molecule has 2 aromatic rings. The lowest BCUT2D eigenvalue weighted by Gasteiger charge is -2.35. The van der Waals surface area contributed by atoms with E-state index in [9.17, 15) is 14.0 Å². The van der Waals surface area contributed by atoms with E-state index in [0.717, 1.165) is 18.7 Å². The van der Waals surface area contributed by atoms with Gasteiger partial charge in [0, 0.05) is 57.4 Å². The Hall–Kier alpha value is -2.77. The van der Waals surface area contributed by atoms with E-state index in [-0.39, 0.29) is 17.6 Å². The molecule has 1 saturated heterocycles. The van der Waals surface area contributed by atoms with Gasteiger partial charge in [-0.3, -0.25) is 19.4 Å². The zero-order valence-corrected chi connectivity index (χ0v) is 17.6. The van der Waals surface area contributed by atoms with Crippen LogP contribution in [0.1, 0.15) is 21.5 Å². The smallest absolute Gasteiger partial charge is 0.251 e. The van der Waals surface area contributed by atoms with Crippen LogP contribution in [-0.4, -0.2) is 73.3 Å². The van der Waals surface area contributed by atoms with Crippen molar-refractivity contribution in [3.63, 3.8) is 0 Å². The van der Waals surface area contributed by atoms with Crippen LogP contribution in [-0.2, 0) is 17.9 Å². The molecule has 3 rings (SSSR count). The van der Waals surface area contributed by atoms with E-state index in [2.05, 4.69) is 10.2 Å². The van der Waals surface area contributed by atoms with E-state index in [1.807, 2.05) is 41.1 Å². The van der Waals surface area contributed by atoms with Crippen molar-refractivity contribution < 1.29 is 14.0 Å². The predicted molar refractivity (Wildman–Crippen MR) is 114 cm³/mol. The number of piperazine rings is 1. The van der Waals surface area contributed by atoms with Gasteiger partial charge in [0.15, 0.2) is 0 Å². The summed E-state index contributed by atoms with van der Waals surface area (Å²) in [5, 5.41) is 2.60. The monoisotopic (exact) mass is 412 g/mol. The second-order valence-electron chi connectivity index (χ2n) is 7.70. The Kier molecular flexibility index (Phi) is 7.54. The molecule has 0 bridgehead atoms. The van der Waals surface area contributed by atoms with Gasteiger partial charge in [0.05, 0.1) is 6.54 Å². The Bertz CT molecular complexity index is 864. The molecule has 30 heavy (non-hydrogen) atoms. The van der Waals surface area contributed by atoms with E-state index in [0.29, 0.717) is 43.9 Å². The number of hydrogen-bond acceptors (Lipinski definition) is 4.